The zero-order chi connectivity index (χ0) is 14.4. The lowest BCUT2D eigenvalue weighted by Gasteiger charge is -2.23. The summed E-state index contributed by atoms with van der Waals surface area (Å²) in [6.07, 6.45) is 2.42. The van der Waals surface area contributed by atoms with Crippen LogP contribution in [0.2, 0.25) is 0 Å². The number of rotatable bonds is 6. The van der Waals surface area contributed by atoms with Gasteiger partial charge in [-0.25, -0.2) is 0 Å². The molecular formula is C15H22N2O3. The lowest BCUT2D eigenvalue weighted by Crippen LogP contribution is -2.40. The van der Waals surface area contributed by atoms with Crippen LogP contribution in [-0.4, -0.2) is 43.7 Å². The topological polar surface area (TPSA) is 64.8 Å². The first-order valence-corrected chi connectivity index (χ1v) is 7.01. The third kappa shape index (κ3) is 3.42. The van der Waals surface area contributed by atoms with Crippen molar-refractivity contribution >= 4 is 5.91 Å². The van der Waals surface area contributed by atoms with Gasteiger partial charge in [0.1, 0.15) is 0 Å². The van der Waals surface area contributed by atoms with Crippen molar-refractivity contribution in [2.75, 3.05) is 26.8 Å². The molecule has 110 valence electrons. The van der Waals surface area contributed by atoms with Crippen LogP contribution in [-0.2, 0) is 4.79 Å². The van der Waals surface area contributed by atoms with Crippen LogP contribution >= 0.6 is 0 Å². The zero-order valence-electron chi connectivity index (χ0n) is 11.9. The van der Waals surface area contributed by atoms with Gasteiger partial charge in [0.05, 0.1) is 20.1 Å². The highest BCUT2D eigenvalue weighted by Crippen LogP contribution is 2.26. The number of hydrogen-bond donors (Lipinski definition) is 1. The van der Waals surface area contributed by atoms with Gasteiger partial charge in [0.15, 0.2) is 11.5 Å². The number of carbonyl (C=O) groups excluding carboxylic acids is 1. The molecule has 0 saturated carbocycles. The summed E-state index contributed by atoms with van der Waals surface area (Å²) in [6.45, 7) is 1.71. The molecule has 2 rings (SSSR count). The van der Waals surface area contributed by atoms with Crippen LogP contribution < -0.4 is 15.2 Å². The van der Waals surface area contributed by atoms with E-state index in [4.69, 9.17) is 15.2 Å². The SMILES string of the molecule is COc1ccccc1OCCC(=O)N1CCC[C@@H]1CN. The van der Waals surface area contributed by atoms with Gasteiger partial charge < -0.3 is 20.1 Å². The molecule has 1 aromatic carbocycles. The maximum Gasteiger partial charge on any atom is 0.226 e. The van der Waals surface area contributed by atoms with Crippen molar-refractivity contribution in [3.63, 3.8) is 0 Å². The first-order valence-electron chi connectivity index (χ1n) is 7.01. The van der Waals surface area contributed by atoms with Gasteiger partial charge in [0.25, 0.3) is 0 Å². The van der Waals surface area contributed by atoms with Gasteiger partial charge in [0.2, 0.25) is 5.91 Å². The monoisotopic (exact) mass is 278 g/mol. The van der Waals surface area contributed by atoms with E-state index in [1.54, 1.807) is 7.11 Å². The molecule has 0 aromatic heterocycles. The molecule has 0 bridgehead atoms. The molecule has 1 aliphatic heterocycles. The van der Waals surface area contributed by atoms with E-state index in [1.807, 2.05) is 29.2 Å². The number of methoxy groups -OCH3 is 1. The molecule has 1 fully saturated rings. The van der Waals surface area contributed by atoms with Crippen LogP contribution in [0.1, 0.15) is 19.3 Å². The molecule has 1 aromatic rings. The lowest BCUT2D eigenvalue weighted by atomic mass is 10.2. The highest BCUT2D eigenvalue weighted by Gasteiger charge is 2.27. The van der Waals surface area contributed by atoms with E-state index in [1.165, 1.54) is 0 Å². The van der Waals surface area contributed by atoms with Gasteiger partial charge in [-0.3, -0.25) is 4.79 Å². The number of nitrogens with two attached hydrogens (primary N) is 1. The van der Waals surface area contributed by atoms with E-state index >= 15 is 0 Å². The highest BCUT2D eigenvalue weighted by atomic mass is 16.5. The van der Waals surface area contributed by atoms with Crippen LogP contribution in [0, 0.1) is 0 Å². The Kier molecular flexibility index (Phi) is 5.24. The Morgan fingerprint density at radius 2 is 2.15 bits per heavy atom. The maximum absolute atomic E-state index is 12.1. The molecule has 1 heterocycles. The smallest absolute Gasteiger partial charge is 0.226 e. The molecule has 1 saturated heterocycles. The van der Waals surface area contributed by atoms with Gasteiger partial charge in [-0.05, 0) is 25.0 Å². The van der Waals surface area contributed by atoms with Crippen LogP contribution in [0.25, 0.3) is 0 Å². The standard InChI is InChI=1S/C15H22N2O3/c1-19-13-6-2-3-7-14(13)20-10-8-15(18)17-9-4-5-12(17)11-16/h2-3,6-7,12H,4-5,8-11,16H2,1H3/t12-/m1/s1. The van der Waals surface area contributed by atoms with Gasteiger partial charge in [0, 0.05) is 19.1 Å². The van der Waals surface area contributed by atoms with Crippen molar-refractivity contribution in [3.8, 4) is 11.5 Å². The van der Waals surface area contributed by atoms with Gasteiger partial charge >= 0.3 is 0 Å². The second-order valence-electron chi connectivity index (χ2n) is 4.87. The van der Waals surface area contributed by atoms with Gasteiger partial charge in [-0.15, -0.1) is 0 Å². The molecule has 0 unspecified atom stereocenters. The zero-order valence-corrected chi connectivity index (χ0v) is 11.9. The minimum absolute atomic E-state index is 0.118. The third-order valence-electron chi connectivity index (χ3n) is 3.61. The average Bonchev–Trinajstić information content (AvgIpc) is 2.96. The van der Waals surface area contributed by atoms with E-state index in [0.717, 1.165) is 19.4 Å². The first kappa shape index (κ1) is 14.7. The molecule has 1 aliphatic rings. The first-order chi connectivity index (χ1) is 9.76. The number of benzene rings is 1. The van der Waals surface area contributed by atoms with Crippen molar-refractivity contribution in [1.82, 2.24) is 4.90 Å². The molecule has 1 amide bonds. The maximum atomic E-state index is 12.1. The minimum atomic E-state index is 0.118. The second-order valence-corrected chi connectivity index (χ2v) is 4.87. The predicted molar refractivity (Wildman–Crippen MR) is 76.9 cm³/mol. The number of likely N-dealkylation sites (tertiary alicyclic amines) is 1. The largest absolute Gasteiger partial charge is 0.493 e. The fourth-order valence-corrected chi connectivity index (χ4v) is 2.54. The number of nitrogens with zero attached hydrogens (tertiary/aromatic N) is 1. The van der Waals surface area contributed by atoms with E-state index in [0.29, 0.717) is 31.1 Å². The van der Waals surface area contributed by atoms with Crippen molar-refractivity contribution in [2.24, 2.45) is 5.73 Å². The summed E-state index contributed by atoms with van der Waals surface area (Å²) in [5.74, 6) is 1.47. The normalized spacial score (nSPS) is 18.1. The quantitative estimate of drug-likeness (QED) is 0.854. The van der Waals surface area contributed by atoms with E-state index < -0.39 is 0 Å². The summed E-state index contributed by atoms with van der Waals surface area (Å²) in [5.41, 5.74) is 5.68. The van der Waals surface area contributed by atoms with Crippen LogP contribution in [0.15, 0.2) is 24.3 Å². The van der Waals surface area contributed by atoms with E-state index in [9.17, 15) is 4.79 Å². The molecular weight excluding hydrogens is 256 g/mol. The fraction of sp³-hybridized carbons (Fsp3) is 0.533. The third-order valence-corrected chi connectivity index (χ3v) is 3.61. The summed E-state index contributed by atoms with van der Waals surface area (Å²) in [4.78, 5) is 14.0. The van der Waals surface area contributed by atoms with Crippen molar-refractivity contribution in [2.45, 2.75) is 25.3 Å². The van der Waals surface area contributed by atoms with Crippen molar-refractivity contribution in [1.29, 1.82) is 0 Å². The summed E-state index contributed by atoms with van der Waals surface area (Å²) in [7, 11) is 1.60. The number of hydrogen-bond acceptors (Lipinski definition) is 4. The Balaban J connectivity index is 1.82. The Bertz CT molecular complexity index is 450. The van der Waals surface area contributed by atoms with Gasteiger partial charge in [-0.1, -0.05) is 12.1 Å². The molecule has 2 N–H and O–H groups in total. The molecule has 5 nitrogen and oxygen atoms in total. The number of ether oxygens (including phenoxy) is 2. The van der Waals surface area contributed by atoms with Crippen LogP contribution in [0.3, 0.4) is 0 Å². The summed E-state index contributed by atoms with van der Waals surface area (Å²) in [6, 6.07) is 7.63. The molecule has 5 heteroatoms. The van der Waals surface area contributed by atoms with Crippen molar-refractivity contribution in [3.05, 3.63) is 24.3 Å². The number of carbonyl (C=O) groups is 1. The lowest BCUT2D eigenvalue weighted by molar-refractivity contribution is -0.132. The minimum Gasteiger partial charge on any atom is -0.493 e. The van der Waals surface area contributed by atoms with Crippen molar-refractivity contribution < 1.29 is 14.3 Å². The highest BCUT2D eigenvalue weighted by molar-refractivity contribution is 5.77. The summed E-state index contributed by atoms with van der Waals surface area (Å²) >= 11 is 0. The second kappa shape index (κ2) is 7.14. The van der Waals surface area contributed by atoms with Crippen LogP contribution in [0.4, 0.5) is 0 Å². The van der Waals surface area contributed by atoms with E-state index in [-0.39, 0.29) is 11.9 Å². The summed E-state index contributed by atoms with van der Waals surface area (Å²) in [5, 5.41) is 0. The fourth-order valence-electron chi connectivity index (χ4n) is 2.54. The molecule has 0 aliphatic carbocycles. The number of para-hydroxylation sites is 2. The Morgan fingerprint density at radius 3 is 2.85 bits per heavy atom. The van der Waals surface area contributed by atoms with E-state index in [2.05, 4.69) is 0 Å². The summed E-state index contributed by atoms with van der Waals surface area (Å²) < 4.78 is 10.8. The Hall–Kier alpha value is -1.75. The Morgan fingerprint density at radius 1 is 1.40 bits per heavy atom. The predicted octanol–water partition coefficient (Wildman–Crippen LogP) is 1.41. The molecule has 0 spiro atoms. The molecule has 20 heavy (non-hydrogen) atoms. The molecule has 1 atom stereocenters. The van der Waals surface area contributed by atoms with Gasteiger partial charge in [-0.2, -0.15) is 0 Å². The Labute approximate surface area is 119 Å². The van der Waals surface area contributed by atoms with Crippen LogP contribution in [0.5, 0.6) is 11.5 Å². The average molecular weight is 278 g/mol. The molecule has 0 radical (unpaired) electrons. The number of amides is 1.